The van der Waals surface area contributed by atoms with Gasteiger partial charge in [-0.2, -0.15) is 0 Å². The van der Waals surface area contributed by atoms with Gasteiger partial charge in [0.2, 0.25) is 0 Å². The fourth-order valence-corrected chi connectivity index (χ4v) is 5.37. The zero-order chi connectivity index (χ0) is 16.0. The van der Waals surface area contributed by atoms with E-state index in [1.807, 2.05) is 0 Å². The zero-order valence-electron chi connectivity index (χ0n) is 12.4. The molecule has 0 aromatic carbocycles. The number of urea groups is 1. The van der Waals surface area contributed by atoms with Gasteiger partial charge in [0.25, 0.3) is 5.92 Å². The van der Waals surface area contributed by atoms with E-state index in [0.29, 0.717) is 38.6 Å². The third-order valence-corrected chi connectivity index (χ3v) is 7.27. The topological polar surface area (TPSA) is 75.3 Å². The van der Waals surface area contributed by atoms with Crippen molar-refractivity contribution in [2.45, 2.75) is 50.5 Å². The molecule has 0 aromatic rings. The van der Waals surface area contributed by atoms with Crippen molar-refractivity contribution >= 4 is 15.9 Å². The highest BCUT2D eigenvalue weighted by molar-refractivity contribution is 7.92. The van der Waals surface area contributed by atoms with E-state index >= 15 is 0 Å². The van der Waals surface area contributed by atoms with Crippen LogP contribution in [0.1, 0.15) is 38.5 Å². The van der Waals surface area contributed by atoms with Crippen molar-refractivity contribution in [2.24, 2.45) is 11.3 Å². The van der Waals surface area contributed by atoms with Gasteiger partial charge in [-0.3, -0.25) is 0 Å². The smallest absolute Gasteiger partial charge is 0.315 e. The predicted molar refractivity (Wildman–Crippen MR) is 77.5 cm³/mol. The Hall–Kier alpha value is -0.920. The Balaban J connectivity index is 1.30. The van der Waals surface area contributed by atoms with Crippen LogP contribution in [0.3, 0.4) is 0 Å². The monoisotopic (exact) mass is 336 g/mol. The molecule has 0 unspecified atom stereocenters. The Morgan fingerprint density at radius 2 is 1.77 bits per heavy atom. The van der Waals surface area contributed by atoms with Crippen LogP contribution in [0.5, 0.6) is 0 Å². The molecule has 8 heteroatoms. The molecular formula is C14H22F2N2O3S. The number of nitrogens with one attached hydrogen (secondary N) is 2. The van der Waals surface area contributed by atoms with Gasteiger partial charge < -0.3 is 10.6 Å². The first-order valence-corrected chi connectivity index (χ1v) is 9.66. The standard InChI is InChI=1S/C14H22F2N2O3S/c15-14(16)9-13(14)4-1-11(2-5-13)18-12(19)17-6-3-10-7-22(20,21)8-10/h10-11H,1-9H2,(H2,17,18,19). The molecular weight excluding hydrogens is 314 g/mol. The van der Waals surface area contributed by atoms with Crippen LogP contribution in [-0.2, 0) is 9.84 Å². The first kappa shape index (κ1) is 16.0. The molecule has 0 bridgehead atoms. The number of carbonyl (C=O) groups is 1. The first-order valence-electron chi connectivity index (χ1n) is 7.84. The van der Waals surface area contributed by atoms with E-state index in [1.54, 1.807) is 0 Å². The number of hydrogen-bond donors (Lipinski definition) is 2. The highest BCUT2D eigenvalue weighted by atomic mass is 32.2. The Labute approximate surface area is 129 Å². The van der Waals surface area contributed by atoms with Gasteiger partial charge in [0.15, 0.2) is 9.84 Å². The lowest BCUT2D eigenvalue weighted by Gasteiger charge is -2.29. The second-order valence-corrected chi connectivity index (χ2v) is 9.22. The van der Waals surface area contributed by atoms with E-state index < -0.39 is 21.2 Å². The molecule has 22 heavy (non-hydrogen) atoms. The third kappa shape index (κ3) is 3.21. The van der Waals surface area contributed by atoms with Gasteiger partial charge >= 0.3 is 6.03 Å². The summed E-state index contributed by atoms with van der Waals surface area (Å²) in [5.74, 6) is -1.91. The molecule has 2 saturated carbocycles. The van der Waals surface area contributed by atoms with Crippen LogP contribution in [0, 0.1) is 11.3 Å². The van der Waals surface area contributed by atoms with E-state index in [4.69, 9.17) is 0 Å². The van der Waals surface area contributed by atoms with Crippen LogP contribution in [0.25, 0.3) is 0 Å². The summed E-state index contributed by atoms with van der Waals surface area (Å²) in [6, 6.07) is -0.322. The molecule has 3 rings (SSSR count). The quantitative estimate of drug-likeness (QED) is 0.820. The fourth-order valence-electron chi connectivity index (χ4n) is 3.70. The molecule has 3 aliphatic rings. The van der Waals surface area contributed by atoms with Gasteiger partial charge in [0.05, 0.1) is 11.5 Å². The number of sulfone groups is 1. The van der Waals surface area contributed by atoms with Crippen molar-refractivity contribution in [3.05, 3.63) is 0 Å². The van der Waals surface area contributed by atoms with Crippen molar-refractivity contribution in [3.8, 4) is 0 Å². The van der Waals surface area contributed by atoms with Gasteiger partial charge in [-0.15, -0.1) is 0 Å². The van der Waals surface area contributed by atoms with Crippen LogP contribution >= 0.6 is 0 Å². The first-order chi connectivity index (χ1) is 10.2. The SMILES string of the molecule is O=C(NCCC1CS(=O)(=O)C1)NC1CCC2(CC1)CC2(F)F. The van der Waals surface area contributed by atoms with Crippen molar-refractivity contribution in [3.63, 3.8) is 0 Å². The summed E-state index contributed by atoms with van der Waals surface area (Å²) < 4.78 is 48.5. The van der Waals surface area contributed by atoms with E-state index in [0.717, 1.165) is 0 Å². The molecule has 1 saturated heterocycles. The van der Waals surface area contributed by atoms with E-state index in [1.165, 1.54) is 0 Å². The van der Waals surface area contributed by atoms with Gasteiger partial charge in [0, 0.05) is 24.4 Å². The van der Waals surface area contributed by atoms with Gasteiger partial charge in [-0.25, -0.2) is 22.0 Å². The zero-order valence-corrected chi connectivity index (χ0v) is 13.2. The minimum atomic E-state index is -2.81. The molecule has 1 heterocycles. The van der Waals surface area contributed by atoms with Crippen molar-refractivity contribution < 1.29 is 22.0 Å². The number of halogens is 2. The molecule has 1 spiro atoms. The van der Waals surface area contributed by atoms with Crippen LogP contribution in [0.4, 0.5) is 13.6 Å². The van der Waals surface area contributed by atoms with Crippen LogP contribution in [0.2, 0.25) is 0 Å². The lowest BCUT2D eigenvalue weighted by molar-refractivity contribution is 0.0445. The molecule has 126 valence electrons. The lowest BCUT2D eigenvalue weighted by atomic mass is 9.83. The average Bonchev–Trinajstić information content (AvgIpc) is 2.91. The largest absolute Gasteiger partial charge is 0.338 e. The molecule has 3 fully saturated rings. The van der Waals surface area contributed by atoms with Gasteiger partial charge in [-0.05, 0) is 38.0 Å². The summed E-state index contributed by atoms with van der Waals surface area (Å²) in [5, 5.41) is 5.54. The highest BCUT2D eigenvalue weighted by Gasteiger charge is 2.70. The second kappa shape index (κ2) is 5.32. The Morgan fingerprint density at radius 1 is 1.18 bits per heavy atom. The summed E-state index contributed by atoms with van der Waals surface area (Å²) in [4.78, 5) is 11.7. The predicted octanol–water partition coefficient (Wildman–Crippen LogP) is 1.69. The molecule has 1 aliphatic heterocycles. The summed E-state index contributed by atoms with van der Waals surface area (Å²) >= 11 is 0. The van der Waals surface area contributed by atoms with Crippen LogP contribution in [0.15, 0.2) is 0 Å². The number of amides is 2. The van der Waals surface area contributed by atoms with Gasteiger partial charge in [0.1, 0.15) is 0 Å². The molecule has 2 N–H and O–H groups in total. The summed E-state index contributed by atoms with van der Waals surface area (Å²) in [6.07, 6.45) is 2.82. The highest BCUT2D eigenvalue weighted by Crippen LogP contribution is 2.67. The fraction of sp³-hybridized carbons (Fsp3) is 0.929. The molecule has 2 amide bonds. The van der Waals surface area contributed by atoms with Crippen molar-refractivity contribution in [1.29, 1.82) is 0 Å². The molecule has 0 radical (unpaired) electrons. The minimum absolute atomic E-state index is 0.00319. The third-order valence-electron chi connectivity index (χ3n) is 5.31. The maximum Gasteiger partial charge on any atom is 0.315 e. The van der Waals surface area contributed by atoms with E-state index in [-0.39, 0.29) is 35.9 Å². The maximum absolute atomic E-state index is 13.3. The van der Waals surface area contributed by atoms with Crippen molar-refractivity contribution in [2.75, 3.05) is 18.1 Å². The maximum atomic E-state index is 13.3. The summed E-state index contributed by atoms with van der Waals surface area (Å²) in [7, 11) is -2.81. The van der Waals surface area contributed by atoms with Crippen LogP contribution < -0.4 is 10.6 Å². The Kier molecular flexibility index (Phi) is 3.86. The molecule has 0 aromatic heterocycles. The number of carbonyl (C=O) groups excluding carboxylic acids is 1. The minimum Gasteiger partial charge on any atom is -0.338 e. The molecule has 2 aliphatic carbocycles. The number of hydrogen-bond acceptors (Lipinski definition) is 3. The summed E-state index contributed by atoms with van der Waals surface area (Å²) in [6.45, 7) is 0.445. The second-order valence-electron chi connectivity index (χ2n) is 7.07. The number of alkyl halides is 2. The number of rotatable bonds is 4. The molecule has 0 atom stereocenters. The summed E-state index contributed by atoms with van der Waals surface area (Å²) in [5.41, 5.74) is -0.780. The van der Waals surface area contributed by atoms with Crippen molar-refractivity contribution in [1.82, 2.24) is 10.6 Å². The normalized spacial score (nSPS) is 31.3. The Bertz CT molecular complexity index is 544. The van der Waals surface area contributed by atoms with Crippen LogP contribution in [-0.4, -0.2) is 44.5 Å². The van der Waals surface area contributed by atoms with E-state index in [2.05, 4.69) is 10.6 Å². The molecule has 5 nitrogen and oxygen atoms in total. The van der Waals surface area contributed by atoms with Gasteiger partial charge in [-0.1, -0.05) is 0 Å². The lowest BCUT2D eigenvalue weighted by Crippen LogP contribution is -2.45. The Morgan fingerprint density at radius 3 is 2.27 bits per heavy atom. The average molecular weight is 336 g/mol. The van der Waals surface area contributed by atoms with E-state index in [9.17, 15) is 22.0 Å².